The molecule has 2 heterocycles. The molecule has 1 aromatic heterocycles. The summed E-state index contributed by atoms with van der Waals surface area (Å²) in [6, 6.07) is 0.148. The molecular formula is C14H20ClN3O3. The number of aromatic nitrogens is 2. The summed E-state index contributed by atoms with van der Waals surface area (Å²) in [5, 5.41) is 4.37. The Hall–Kier alpha value is -1.56. The Labute approximate surface area is 129 Å². The fraction of sp³-hybridized carbons (Fsp3) is 0.643. The van der Waals surface area contributed by atoms with Crippen LogP contribution in [0, 0.1) is 0 Å². The van der Waals surface area contributed by atoms with Gasteiger partial charge in [0.1, 0.15) is 5.60 Å². The molecule has 0 N–H and O–H groups in total. The fourth-order valence-electron chi connectivity index (χ4n) is 2.29. The third kappa shape index (κ3) is 3.97. The van der Waals surface area contributed by atoms with Crippen LogP contribution in [0.15, 0.2) is 6.20 Å². The summed E-state index contributed by atoms with van der Waals surface area (Å²) in [7, 11) is 0. The van der Waals surface area contributed by atoms with Crippen LogP contribution in [0.25, 0.3) is 0 Å². The molecule has 0 saturated carbocycles. The molecule has 0 aromatic carbocycles. The molecule has 2 rings (SSSR count). The van der Waals surface area contributed by atoms with E-state index in [4.69, 9.17) is 16.3 Å². The maximum atomic E-state index is 12.0. The number of likely N-dealkylation sites (tertiary alicyclic amines) is 1. The highest BCUT2D eigenvalue weighted by atomic mass is 35.5. The van der Waals surface area contributed by atoms with Gasteiger partial charge in [0.2, 0.25) is 0 Å². The second kappa shape index (κ2) is 6.05. The van der Waals surface area contributed by atoms with Crippen molar-refractivity contribution >= 4 is 24.0 Å². The van der Waals surface area contributed by atoms with Gasteiger partial charge in [0.25, 0.3) is 0 Å². The van der Waals surface area contributed by atoms with Crippen LogP contribution in [0.2, 0.25) is 5.15 Å². The van der Waals surface area contributed by atoms with Crippen molar-refractivity contribution in [3.63, 3.8) is 0 Å². The lowest BCUT2D eigenvalue weighted by Crippen LogP contribution is -2.42. The molecule has 0 spiro atoms. The number of amides is 1. The molecule has 7 heteroatoms. The number of aldehydes is 1. The topological polar surface area (TPSA) is 64.4 Å². The third-order valence-corrected chi connectivity index (χ3v) is 3.62. The van der Waals surface area contributed by atoms with Crippen LogP contribution in [-0.4, -0.2) is 45.8 Å². The normalized spacial score (nSPS) is 16.9. The van der Waals surface area contributed by atoms with Crippen LogP contribution in [0.4, 0.5) is 4.79 Å². The number of carbonyl (C=O) groups is 2. The zero-order valence-electron chi connectivity index (χ0n) is 12.5. The molecule has 1 saturated heterocycles. The Kier molecular flexibility index (Phi) is 4.56. The zero-order chi connectivity index (χ0) is 15.6. The number of hydrogen-bond acceptors (Lipinski definition) is 4. The molecule has 6 nitrogen and oxygen atoms in total. The highest BCUT2D eigenvalue weighted by Gasteiger charge is 2.28. The Morgan fingerprint density at radius 3 is 2.52 bits per heavy atom. The first-order valence-electron chi connectivity index (χ1n) is 6.98. The van der Waals surface area contributed by atoms with Gasteiger partial charge in [-0.2, -0.15) is 5.10 Å². The number of rotatable bonds is 2. The predicted octanol–water partition coefficient (Wildman–Crippen LogP) is 2.92. The summed E-state index contributed by atoms with van der Waals surface area (Å²) in [5.41, 5.74) is -0.0892. The predicted molar refractivity (Wildman–Crippen MR) is 78.7 cm³/mol. The smallest absolute Gasteiger partial charge is 0.410 e. The monoisotopic (exact) mass is 313 g/mol. The summed E-state index contributed by atoms with van der Waals surface area (Å²) < 4.78 is 7.08. The van der Waals surface area contributed by atoms with Crippen molar-refractivity contribution in [3.05, 3.63) is 16.9 Å². The molecule has 1 fully saturated rings. The summed E-state index contributed by atoms with van der Waals surface area (Å²) in [6.07, 6.45) is 3.59. The molecule has 0 bridgehead atoms. The summed E-state index contributed by atoms with van der Waals surface area (Å²) in [5.74, 6) is 0. The van der Waals surface area contributed by atoms with Crippen LogP contribution in [0.3, 0.4) is 0 Å². The van der Waals surface area contributed by atoms with Gasteiger partial charge in [-0.1, -0.05) is 11.6 Å². The van der Waals surface area contributed by atoms with Gasteiger partial charge >= 0.3 is 6.09 Å². The Bertz CT molecular complexity index is 528. The van der Waals surface area contributed by atoms with Gasteiger partial charge in [0.15, 0.2) is 11.4 Å². The fourth-order valence-corrected chi connectivity index (χ4v) is 2.47. The first-order valence-corrected chi connectivity index (χ1v) is 7.35. The molecule has 0 atom stereocenters. The molecule has 1 aliphatic rings. The van der Waals surface area contributed by atoms with Crippen molar-refractivity contribution in [1.82, 2.24) is 14.7 Å². The lowest BCUT2D eigenvalue weighted by atomic mass is 10.1. The van der Waals surface area contributed by atoms with E-state index in [2.05, 4.69) is 5.10 Å². The first-order chi connectivity index (χ1) is 9.80. The lowest BCUT2D eigenvalue weighted by Gasteiger charge is -2.33. The van der Waals surface area contributed by atoms with E-state index in [0.29, 0.717) is 24.9 Å². The summed E-state index contributed by atoms with van der Waals surface area (Å²) in [6.45, 7) is 6.76. The summed E-state index contributed by atoms with van der Waals surface area (Å²) in [4.78, 5) is 24.5. The van der Waals surface area contributed by atoms with E-state index >= 15 is 0 Å². The molecule has 1 aromatic rings. The average molecular weight is 314 g/mol. The highest BCUT2D eigenvalue weighted by molar-refractivity contribution is 6.31. The van der Waals surface area contributed by atoms with Gasteiger partial charge < -0.3 is 9.64 Å². The van der Waals surface area contributed by atoms with Crippen molar-refractivity contribution in [2.24, 2.45) is 0 Å². The van der Waals surface area contributed by atoms with E-state index < -0.39 is 5.60 Å². The van der Waals surface area contributed by atoms with Crippen molar-refractivity contribution in [2.75, 3.05) is 13.1 Å². The Morgan fingerprint density at radius 1 is 1.43 bits per heavy atom. The largest absolute Gasteiger partial charge is 0.444 e. The van der Waals surface area contributed by atoms with Gasteiger partial charge in [-0.05, 0) is 33.6 Å². The van der Waals surface area contributed by atoms with Crippen molar-refractivity contribution in [2.45, 2.75) is 45.3 Å². The van der Waals surface area contributed by atoms with Gasteiger partial charge in [0, 0.05) is 19.3 Å². The molecular weight excluding hydrogens is 294 g/mol. The number of hydrogen-bond donors (Lipinski definition) is 0. The van der Waals surface area contributed by atoms with Crippen molar-refractivity contribution < 1.29 is 14.3 Å². The lowest BCUT2D eigenvalue weighted by molar-refractivity contribution is 0.0185. The van der Waals surface area contributed by atoms with E-state index in [9.17, 15) is 9.59 Å². The molecule has 0 radical (unpaired) electrons. The van der Waals surface area contributed by atoms with Crippen LogP contribution in [-0.2, 0) is 4.74 Å². The minimum Gasteiger partial charge on any atom is -0.444 e. The Morgan fingerprint density at radius 2 is 2.05 bits per heavy atom. The zero-order valence-corrected chi connectivity index (χ0v) is 13.3. The molecule has 116 valence electrons. The number of ether oxygens (including phenoxy) is 1. The SMILES string of the molecule is CC(C)(C)OC(=O)N1CCC(n2cc(C=O)c(Cl)n2)CC1. The van der Waals surface area contributed by atoms with Gasteiger partial charge in [-0.25, -0.2) is 4.79 Å². The van der Waals surface area contributed by atoms with Crippen LogP contribution in [0.5, 0.6) is 0 Å². The van der Waals surface area contributed by atoms with Crippen LogP contribution in [0.1, 0.15) is 50.0 Å². The average Bonchev–Trinajstić information content (AvgIpc) is 2.78. The van der Waals surface area contributed by atoms with E-state index in [1.165, 1.54) is 0 Å². The summed E-state index contributed by atoms with van der Waals surface area (Å²) >= 11 is 5.87. The second-order valence-electron chi connectivity index (χ2n) is 6.17. The standard InChI is InChI=1S/C14H20ClN3O3/c1-14(2,3)21-13(20)17-6-4-11(5-7-17)18-8-10(9-19)12(15)16-18/h8-9,11H,4-7H2,1-3H3. The van der Waals surface area contributed by atoms with Crippen LogP contribution < -0.4 is 0 Å². The molecule has 0 unspecified atom stereocenters. The van der Waals surface area contributed by atoms with E-state index in [0.717, 1.165) is 12.8 Å². The highest BCUT2D eigenvalue weighted by Crippen LogP contribution is 2.25. The number of carbonyl (C=O) groups excluding carboxylic acids is 2. The first kappa shape index (κ1) is 15.8. The minimum atomic E-state index is -0.484. The van der Waals surface area contributed by atoms with Crippen molar-refractivity contribution in [1.29, 1.82) is 0 Å². The van der Waals surface area contributed by atoms with E-state index in [1.807, 2.05) is 20.8 Å². The van der Waals surface area contributed by atoms with E-state index in [1.54, 1.807) is 15.8 Å². The van der Waals surface area contributed by atoms with Gasteiger partial charge in [0.05, 0.1) is 11.6 Å². The quantitative estimate of drug-likeness (QED) is 0.787. The second-order valence-corrected chi connectivity index (χ2v) is 6.53. The molecule has 1 aliphatic heterocycles. The number of piperidine rings is 1. The van der Waals surface area contributed by atoms with Crippen LogP contribution >= 0.6 is 11.6 Å². The number of halogens is 1. The third-order valence-electron chi connectivity index (χ3n) is 3.33. The maximum Gasteiger partial charge on any atom is 0.410 e. The van der Waals surface area contributed by atoms with Gasteiger partial charge in [-0.3, -0.25) is 9.48 Å². The van der Waals surface area contributed by atoms with E-state index in [-0.39, 0.29) is 17.3 Å². The minimum absolute atomic E-state index is 0.148. The molecule has 0 aliphatic carbocycles. The number of nitrogens with zero attached hydrogens (tertiary/aromatic N) is 3. The maximum absolute atomic E-state index is 12.0. The Balaban J connectivity index is 1.93. The molecule has 21 heavy (non-hydrogen) atoms. The van der Waals surface area contributed by atoms with Gasteiger partial charge in [-0.15, -0.1) is 0 Å². The molecule has 1 amide bonds. The van der Waals surface area contributed by atoms with Crippen molar-refractivity contribution in [3.8, 4) is 0 Å².